The molecule has 0 spiro atoms. The topological polar surface area (TPSA) is 90.9 Å². The van der Waals surface area contributed by atoms with E-state index in [-0.39, 0.29) is 25.5 Å². The van der Waals surface area contributed by atoms with Crippen LogP contribution in [0.1, 0.15) is 35.3 Å². The van der Waals surface area contributed by atoms with Crippen LogP contribution >= 0.6 is 0 Å². The zero-order valence-corrected chi connectivity index (χ0v) is 15.8. The fourth-order valence-corrected chi connectivity index (χ4v) is 2.51. The lowest BCUT2D eigenvalue weighted by atomic mass is 10.0. The van der Waals surface area contributed by atoms with Crippen molar-refractivity contribution in [3.63, 3.8) is 0 Å². The van der Waals surface area contributed by atoms with Crippen LogP contribution in [0.3, 0.4) is 0 Å². The van der Waals surface area contributed by atoms with Crippen LogP contribution in [0.5, 0.6) is 5.75 Å². The van der Waals surface area contributed by atoms with Crippen LogP contribution in [0.2, 0.25) is 0 Å². The maximum absolute atomic E-state index is 12.1. The third-order valence-electron chi connectivity index (χ3n) is 3.86. The van der Waals surface area contributed by atoms with Gasteiger partial charge in [0, 0.05) is 6.92 Å². The van der Waals surface area contributed by atoms with E-state index in [1.807, 2.05) is 0 Å². The number of ether oxygens (including phenoxy) is 3. The first kappa shape index (κ1) is 21.0. The molecule has 0 aliphatic heterocycles. The fraction of sp³-hybridized carbons (Fsp3) is 0.286. The smallest absolute Gasteiger partial charge is 0.338 e. The molecule has 0 aromatic heterocycles. The Bertz CT molecular complexity index is 788. The monoisotopic (exact) mass is 385 g/mol. The summed E-state index contributed by atoms with van der Waals surface area (Å²) in [4.78, 5) is 35.4. The average Bonchev–Trinajstić information content (AvgIpc) is 2.71. The van der Waals surface area contributed by atoms with Crippen molar-refractivity contribution in [3.8, 4) is 5.75 Å². The van der Waals surface area contributed by atoms with Gasteiger partial charge in [0.1, 0.15) is 19.0 Å². The molecule has 1 atom stereocenters. The summed E-state index contributed by atoms with van der Waals surface area (Å²) in [7, 11) is 1.56. The van der Waals surface area contributed by atoms with E-state index in [4.69, 9.17) is 14.2 Å². The van der Waals surface area contributed by atoms with E-state index in [2.05, 4.69) is 5.32 Å². The van der Waals surface area contributed by atoms with Crippen molar-refractivity contribution >= 4 is 17.8 Å². The molecule has 2 rings (SSSR count). The predicted molar refractivity (Wildman–Crippen MR) is 102 cm³/mol. The van der Waals surface area contributed by atoms with Crippen molar-refractivity contribution < 1.29 is 28.6 Å². The second-order valence-corrected chi connectivity index (χ2v) is 5.95. The number of amides is 1. The van der Waals surface area contributed by atoms with Crippen molar-refractivity contribution in [2.24, 2.45) is 0 Å². The summed E-state index contributed by atoms with van der Waals surface area (Å²) in [6.45, 7) is 1.27. The number of benzene rings is 2. The largest absolute Gasteiger partial charge is 0.497 e. The van der Waals surface area contributed by atoms with Gasteiger partial charge in [0.15, 0.2) is 0 Å². The number of hydrogen-bond donors (Lipinski definition) is 1. The Morgan fingerprint density at radius 3 is 2.18 bits per heavy atom. The quantitative estimate of drug-likeness (QED) is 0.527. The van der Waals surface area contributed by atoms with E-state index in [0.29, 0.717) is 11.3 Å². The molecule has 0 aliphatic carbocycles. The molecule has 148 valence electrons. The summed E-state index contributed by atoms with van der Waals surface area (Å²) < 4.78 is 15.3. The van der Waals surface area contributed by atoms with Gasteiger partial charge in [0.05, 0.1) is 25.1 Å². The van der Waals surface area contributed by atoms with Crippen LogP contribution in [0, 0.1) is 0 Å². The Hall–Kier alpha value is -3.35. The van der Waals surface area contributed by atoms with E-state index in [9.17, 15) is 14.4 Å². The van der Waals surface area contributed by atoms with E-state index < -0.39 is 18.0 Å². The molecule has 1 amide bonds. The molecule has 0 heterocycles. The molecule has 1 N–H and O–H groups in total. The molecule has 0 fully saturated rings. The molecule has 7 heteroatoms. The van der Waals surface area contributed by atoms with E-state index in [0.717, 1.165) is 5.56 Å². The summed E-state index contributed by atoms with van der Waals surface area (Å²) in [6, 6.07) is 15.1. The Labute approximate surface area is 163 Å². The van der Waals surface area contributed by atoms with Crippen molar-refractivity contribution in [2.75, 3.05) is 20.3 Å². The Kier molecular flexibility index (Phi) is 8.02. The highest BCUT2D eigenvalue weighted by Crippen LogP contribution is 2.21. The lowest BCUT2D eigenvalue weighted by Crippen LogP contribution is -2.29. The van der Waals surface area contributed by atoms with Gasteiger partial charge in [-0.05, 0) is 29.8 Å². The Morgan fingerprint density at radius 2 is 1.57 bits per heavy atom. The molecular weight excluding hydrogens is 362 g/mol. The first-order valence-corrected chi connectivity index (χ1v) is 8.78. The number of methoxy groups -OCH3 is 1. The molecular formula is C21H23NO6. The SMILES string of the molecule is COc1ccc(C(CC(=O)OCCOC(=O)c2ccccc2)NC(C)=O)cc1. The van der Waals surface area contributed by atoms with Crippen LogP contribution < -0.4 is 10.1 Å². The van der Waals surface area contributed by atoms with Crippen LogP contribution in [0.25, 0.3) is 0 Å². The first-order valence-electron chi connectivity index (χ1n) is 8.78. The van der Waals surface area contributed by atoms with E-state index in [1.165, 1.54) is 6.92 Å². The van der Waals surface area contributed by atoms with Crippen LogP contribution in [0.15, 0.2) is 54.6 Å². The minimum absolute atomic E-state index is 0.0431. The fourth-order valence-electron chi connectivity index (χ4n) is 2.51. The molecule has 0 radical (unpaired) electrons. The van der Waals surface area contributed by atoms with Crippen molar-refractivity contribution in [1.29, 1.82) is 0 Å². The van der Waals surface area contributed by atoms with E-state index >= 15 is 0 Å². The third-order valence-corrected chi connectivity index (χ3v) is 3.86. The van der Waals surface area contributed by atoms with Gasteiger partial charge in [-0.3, -0.25) is 9.59 Å². The molecule has 0 saturated heterocycles. The zero-order chi connectivity index (χ0) is 20.4. The van der Waals surface area contributed by atoms with Crippen molar-refractivity contribution in [1.82, 2.24) is 5.32 Å². The Morgan fingerprint density at radius 1 is 0.929 bits per heavy atom. The van der Waals surface area contributed by atoms with Gasteiger partial charge in [0.25, 0.3) is 0 Å². The summed E-state index contributed by atoms with van der Waals surface area (Å²) in [5.74, 6) is -0.574. The number of carbonyl (C=O) groups is 3. The summed E-state index contributed by atoms with van der Waals surface area (Å²) >= 11 is 0. The molecule has 1 unspecified atom stereocenters. The lowest BCUT2D eigenvalue weighted by molar-refractivity contribution is -0.145. The zero-order valence-electron chi connectivity index (χ0n) is 15.8. The van der Waals surface area contributed by atoms with E-state index in [1.54, 1.807) is 61.7 Å². The minimum Gasteiger partial charge on any atom is -0.497 e. The van der Waals surface area contributed by atoms with Gasteiger partial charge in [0.2, 0.25) is 5.91 Å². The summed E-state index contributed by atoms with van der Waals surface area (Å²) in [5.41, 5.74) is 1.18. The molecule has 28 heavy (non-hydrogen) atoms. The second kappa shape index (κ2) is 10.7. The van der Waals surface area contributed by atoms with Gasteiger partial charge in [-0.2, -0.15) is 0 Å². The van der Waals surface area contributed by atoms with Crippen molar-refractivity contribution in [2.45, 2.75) is 19.4 Å². The van der Waals surface area contributed by atoms with Gasteiger partial charge >= 0.3 is 11.9 Å². The number of carbonyl (C=O) groups excluding carboxylic acids is 3. The highest BCUT2D eigenvalue weighted by Gasteiger charge is 2.18. The third kappa shape index (κ3) is 6.75. The van der Waals surface area contributed by atoms with Gasteiger partial charge in [-0.1, -0.05) is 30.3 Å². The number of hydrogen-bond acceptors (Lipinski definition) is 6. The second-order valence-electron chi connectivity index (χ2n) is 5.95. The maximum Gasteiger partial charge on any atom is 0.338 e. The molecule has 0 saturated carbocycles. The summed E-state index contributed by atoms with van der Waals surface area (Å²) in [5, 5.41) is 2.73. The van der Waals surface area contributed by atoms with Crippen molar-refractivity contribution in [3.05, 3.63) is 65.7 Å². The minimum atomic E-state index is -0.525. The first-order chi connectivity index (χ1) is 13.5. The van der Waals surface area contributed by atoms with Gasteiger partial charge in [-0.15, -0.1) is 0 Å². The average molecular weight is 385 g/mol. The number of rotatable bonds is 9. The normalized spacial score (nSPS) is 11.2. The summed E-state index contributed by atoms with van der Waals surface area (Å²) in [6.07, 6.45) is -0.0431. The highest BCUT2D eigenvalue weighted by molar-refractivity contribution is 5.89. The highest BCUT2D eigenvalue weighted by atomic mass is 16.6. The van der Waals surface area contributed by atoms with Crippen LogP contribution in [-0.2, 0) is 19.1 Å². The molecule has 2 aromatic rings. The predicted octanol–water partition coefficient (Wildman–Crippen LogP) is 2.66. The molecule has 7 nitrogen and oxygen atoms in total. The molecule has 0 aliphatic rings. The van der Waals surface area contributed by atoms with Gasteiger partial charge < -0.3 is 19.5 Å². The Balaban J connectivity index is 1.82. The molecule has 2 aromatic carbocycles. The lowest BCUT2D eigenvalue weighted by Gasteiger charge is -2.18. The number of nitrogens with one attached hydrogen (secondary N) is 1. The maximum atomic E-state index is 12.1. The van der Waals surface area contributed by atoms with Crippen LogP contribution in [-0.4, -0.2) is 38.2 Å². The van der Waals surface area contributed by atoms with Crippen LogP contribution in [0.4, 0.5) is 0 Å². The molecule has 0 bridgehead atoms. The standard InChI is InChI=1S/C21H23NO6/c1-15(23)22-19(16-8-10-18(26-2)11-9-16)14-20(24)27-12-13-28-21(25)17-6-4-3-5-7-17/h3-11,19H,12-14H2,1-2H3,(H,22,23). The number of esters is 2. The van der Waals surface area contributed by atoms with Gasteiger partial charge in [-0.25, -0.2) is 4.79 Å².